The summed E-state index contributed by atoms with van der Waals surface area (Å²) in [5.74, 6) is 1.02. The van der Waals surface area contributed by atoms with Crippen LogP contribution in [0.1, 0.15) is 25.3 Å². The van der Waals surface area contributed by atoms with E-state index in [1.807, 2.05) is 6.07 Å². The lowest BCUT2D eigenvalue weighted by molar-refractivity contribution is -0.119. The minimum Gasteiger partial charge on any atom is -0.358 e. The summed E-state index contributed by atoms with van der Waals surface area (Å²) in [4.78, 5) is 11.1. The van der Waals surface area contributed by atoms with Crippen LogP contribution in [0.4, 0.5) is 0 Å². The predicted molar refractivity (Wildman–Crippen MR) is 71.0 cm³/mol. The summed E-state index contributed by atoms with van der Waals surface area (Å²) in [6.45, 7) is 5.63. The molecule has 0 aromatic heterocycles. The van der Waals surface area contributed by atoms with Gasteiger partial charge in [-0.3, -0.25) is 4.79 Å². The van der Waals surface area contributed by atoms with Crippen molar-refractivity contribution < 1.29 is 4.79 Å². The van der Waals surface area contributed by atoms with Crippen molar-refractivity contribution in [2.24, 2.45) is 5.92 Å². The summed E-state index contributed by atoms with van der Waals surface area (Å²) in [6.07, 6.45) is 0. The number of rotatable bonds is 6. The zero-order chi connectivity index (χ0) is 12.7. The number of carbonyl (C=O) groups is 1. The summed E-state index contributed by atoms with van der Waals surface area (Å²) in [7, 11) is 1.65. The van der Waals surface area contributed by atoms with Crippen LogP contribution in [0.3, 0.4) is 0 Å². The highest BCUT2D eigenvalue weighted by molar-refractivity contribution is 5.77. The Balaban J connectivity index is 2.53. The first-order valence-corrected chi connectivity index (χ1v) is 6.11. The Morgan fingerprint density at radius 3 is 2.41 bits per heavy atom. The molecule has 0 saturated heterocycles. The molecule has 94 valence electrons. The first-order chi connectivity index (χ1) is 8.15. The van der Waals surface area contributed by atoms with Gasteiger partial charge in [0.15, 0.2) is 0 Å². The zero-order valence-corrected chi connectivity index (χ0v) is 10.9. The molecule has 0 spiro atoms. The second-order valence-corrected chi connectivity index (χ2v) is 4.57. The summed E-state index contributed by atoms with van der Waals surface area (Å²) < 4.78 is 0. The molecule has 1 unspecified atom stereocenters. The Morgan fingerprint density at radius 2 is 1.88 bits per heavy atom. The Bertz CT molecular complexity index is 335. The third-order valence-electron chi connectivity index (χ3n) is 2.96. The van der Waals surface area contributed by atoms with E-state index in [2.05, 4.69) is 48.7 Å². The number of nitrogens with one attached hydrogen (secondary N) is 2. The smallest absolute Gasteiger partial charge is 0.233 e. The molecule has 0 heterocycles. The lowest BCUT2D eigenvalue weighted by atomic mass is 9.88. The minimum atomic E-state index is 0.0283. The minimum absolute atomic E-state index is 0.0283. The van der Waals surface area contributed by atoms with E-state index in [-0.39, 0.29) is 5.91 Å². The summed E-state index contributed by atoms with van der Waals surface area (Å²) >= 11 is 0. The van der Waals surface area contributed by atoms with E-state index in [9.17, 15) is 4.79 Å². The molecule has 1 rings (SSSR count). The molecule has 1 amide bonds. The van der Waals surface area contributed by atoms with Crippen LogP contribution < -0.4 is 10.6 Å². The van der Waals surface area contributed by atoms with Gasteiger partial charge >= 0.3 is 0 Å². The average Bonchev–Trinajstić information content (AvgIpc) is 2.34. The molecular weight excluding hydrogens is 212 g/mol. The molecule has 3 nitrogen and oxygen atoms in total. The maximum absolute atomic E-state index is 11.1. The van der Waals surface area contributed by atoms with Gasteiger partial charge in [0.05, 0.1) is 6.54 Å². The fourth-order valence-electron chi connectivity index (χ4n) is 1.87. The molecule has 1 atom stereocenters. The van der Waals surface area contributed by atoms with Crippen molar-refractivity contribution in [1.82, 2.24) is 10.6 Å². The molecule has 0 aliphatic heterocycles. The molecule has 17 heavy (non-hydrogen) atoms. The molecule has 0 aliphatic carbocycles. The highest BCUT2D eigenvalue weighted by Gasteiger charge is 2.15. The standard InChI is InChI=1S/C14H22N2O/c1-11(2)13(9-16-10-14(17)15-3)12-7-5-4-6-8-12/h4-8,11,13,16H,9-10H2,1-3H3,(H,15,17). The van der Waals surface area contributed by atoms with Crippen LogP contribution in [0.2, 0.25) is 0 Å². The van der Waals surface area contributed by atoms with Crippen LogP contribution in [0.5, 0.6) is 0 Å². The van der Waals surface area contributed by atoms with Crippen LogP contribution in [0.15, 0.2) is 30.3 Å². The van der Waals surface area contributed by atoms with E-state index in [1.165, 1.54) is 5.56 Å². The largest absolute Gasteiger partial charge is 0.358 e. The second kappa shape index (κ2) is 7.07. The first-order valence-electron chi connectivity index (χ1n) is 6.11. The number of carbonyl (C=O) groups excluding carboxylic acids is 1. The van der Waals surface area contributed by atoms with Crippen molar-refractivity contribution in [3.63, 3.8) is 0 Å². The average molecular weight is 234 g/mol. The van der Waals surface area contributed by atoms with Crippen molar-refractivity contribution in [1.29, 1.82) is 0 Å². The van der Waals surface area contributed by atoms with Gasteiger partial charge in [0.2, 0.25) is 5.91 Å². The van der Waals surface area contributed by atoms with E-state index in [4.69, 9.17) is 0 Å². The van der Waals surface area contributed by atoms with Gasteiger partial charge in [-0.05, 0) is 17.4 Å². The maximum atomic E-state index is 11.1. The van der Waals surface area contributed by atoms with Gasteiger partial charge in [0, 0.05) is 13.6 Å². The van der Waals surface area contributed by atoms with E-state index < -0.39 is 0 Å². The highest BCUT2D eigenvalue weighted by Crippen LogP contribution is 2.23. The van der Waals surface area contributed by atoms with Crippen LogP contribution in [-0.2, 0) is 4.79 Å². The topological polar surface area (TPSA) is 41.1 Å². The molecule has 2 N–H and O–H groups in total. The predicted octanol–water partition coefficient (Wildman–Crippen LogP) is 1.76. The van der Waals surface area contributed by atoms with Gasteiger partial charge in [-0.2, -0.15) is 0 Å². The maximum Gasteiger partial charge on any atom is 0.233 e. The fourth-order valence-corrected chi connectivity index (χ4v) is 1.87. The van der Waals surface area contributed by atoms with Gasteiger partial charge in [-0.25, -0.2) is 0 Å². The summed E-state index contributed by atoms with van der Waals surface area (Å²) in [5, 5.41) is 5.81. The number of amides is 1. The molecule has 0 saturated carbocycles. The number of hydrogen-bond acceptors (Lipinski definition) is 2. The third kappa shape index (κ3) is 4.57. The van der Waals surface area contributed by atoms with Gasteiger partial charge in [-0.15, -0.1) is 0 Å². The Kier molecular flexibility index (Phi) is 5.70. The molecule has 0 bridgehead atoms. The lowest BCUT2D eigenvalue weighted by Gasteiger charge is -2.21. The van der Waals surface area contributed by atoms with Gasteiger partial charge in [0.25, 0.3) is 0 Å². The monoisotopic (exact) mass is 234 g/mol. The number of benzene rings is 1. The zero-order valence-electron chi connectivity index (χ0n) is 10.9. The van der Waals surface area contributed by atoms with Crippen molar-refractivity contribution in [3.05, 3.63) is 35.9 Å². The van der Waals surface area contributed by atoms with E-state index in [0.29, 0.717) is 18.4 Å². The molecule has 1 aromatic carbocycles. The lowest BCUT2D eigenvalue weighted by Crippen LogP contribution is -2.34. The Labute approximate surface area is 104 Å². The van der Waals surface area contributed by atoms with Crippen molar-refractivity contribution >= 4 is 5.91 Å². The molecule has 0 aliphatic rings. The fraction of sp³-hybridized carbons (Fsp3) is 0.500. The van der Waals surface area contributed by atoms with Crippen molar-refractivity contribution in [3.8, 4) is 0 Å². The highest BCUT2D eigenvalue weighted by atomic mass is 16.1. The van der Waals surface area contributed by atoms with Gasteiger partial charge in [0.1, 0.15) is 0 Å². The molecular formula is C14H22N2O. The van der Waals surface area contributed by atoms with E-state index in [0.717, 1.165) is 6.54 Å². The van der Waals surface area contributed by atoms with Crippen molar-refractivity contribution in [2.45, 2.75) is 19.8 Å². The second-order valence-electron chi connectivity index (χ2n) is 4.57. The quantitative estimate of drug-likeness (QED) is 0.787. The SMILES string of the molecule is CNC(=O)CNCC(c1ccccc1)C(C)C. The summed E-state index contributed by atoms with van der Waals surface area (Å²) in [6, 6.07) is 10.4. The number of hydrogen-bond donors (Lipinski definition) is 2. The molecule has 3 heteroatoms. The van der Waals surface area contributed by atoms with Gasteiger partial charge in [-0.1, -0.05) is 44.2 Å². The third-order valence-corrected chi connectivity index (χ3v) is 2.96. The van der Waals surface area contributed by atoms with E-state index in [1.54, 1.807) is 7.05 Å². The number of likely N-dealkylation sites (N-methyl/N-ethyl adjacent to an activating group) is 1. The van der Waals surface area contributed by atoms with Crippen LogP contribution >= 0.6 is 0 Å². The Morgan fingerprint density at radius 1 is 1.24 bits per heavy atom. The van der Waals surface area contributed by atoms with Crippen molar-refractivity contribution in [2.75, 3.05) is 20.1 Å². The van der Waals surface area contributed by atoms with Crippen LogP contribution in [-0.4, -0.2) is 26.0 Å². The van der Waals surface area contributed by atoms with E-state index >= 15 is 0 Å². The Hall–Kier alpha value is -1.35. The summed E-state index contributed by atoms with van der Waals surface area (Å²) in [5.41, 5.74) is 1.33. The first kappa shape index (κ1) is 13.7. The van der Waals surface area contributed by atoms with Crippen LogP contribution in [0.25, 0.3) is 0 Å². The van der Waals surface area contributed by atoms with Gasteiger partial charge < -0.3 is 10.6 Å². The molecule has 0 radical (unpaired) electrons. The normalized spacial score (nSPS) is 12.5. The van der Waals surface area contributed by atoms with Crippen LogP contribution in [0, 0.1) is 5.92 Å². The molecule has 1 aromatic rings. The molecule has 0 fully saturated rings.